The molecule has 0 amide bonds. The lowest BCUT2D eigenvalue weighted by Gasteiger charge is -2.29. The van der Waals surface area contributed by atoms with Crippen molar-refractivity contribution >= 4 is 0 Å². The van der Waals surface area contributed by atoms with E-state index >= 15 is 0 Å². The van der Waals surface area contributed by atoms with Crippen LogP contribution in [-0.4, -0.2) is 176 Å². The van der Waals surface area contributed by atoms with Gasteiger partial charge in [-0.2, -0.15) is 0 Å². The quantitative estimate of drug-likeness (QED) is 0.0878. The fourth-order valence-corrected chi connectivity index (χ4v) is 4.49. The van der Waals surface area contributed by atoms with Gasteiger partial charge in [-0.1, -0.05) is 0 Å². The van der Waals surface area contributed by atoms with Crippen molar-refractivity contribution in [2.24, 2.45) is 5.73 Å². The summed E-state index contributed by atoms with van der Waals surface area (Å²) in [6.45, 7) is -1.89. The van der Waals surface area contributed by atoms with Crippen LogP contribution in [0.25, 0.3) is 0 Å². The van der Waals surface area contributed by atoms with Gasteiger partial charge in [-0.25, -0.2) is 0 Å². The lowest BCUT2D eigenvalue weighted by atomic mass is 10.0. The number of aliphatic hydroxyl groups is 10. The van der Waals surface area contributed by atoms with Gasteiger partial charge < -0.3 is 85.2 Å². The summed E-state index contributed by atoms with van der Waals surface area (Å²) in [4.78, 5) is 0. The maximum Gasteiger partial charge on any atom is 0.187 e. The molecule has 0 bridgehead atoms. The van der Waals surface area contributed by atoms with E-state index in [0.717, 1.165) is 0 Å². The molecule has 3 rings (SSSR count). The Hall–Kier alpha value is -0.680. The van der Waals surface area contributed by atoms with E-state index in [2.05, 4.69) is 0 Å². The van der Waals surface area contributed by atoms with Crippen molar-refractivity contribution in [2.75, 3.05) is 33.0 Å². The molecule has 3 fully saturated rings. The second-order valence-corrected chi connectivity index (χ2v) is 9.33. The summed E-state index contributed by atoms with van der Waals surface area (Å²) >= 11 is 0. The zero-order valence-corrected chi connectivity index (χ0v) is 20.4. The van der Waals surface area contributed by atoms with Crippen LogP contribution in [-0.2, 0) is 28.4 Å². The van der Waals surface area contributed by atoms with Crippen molar-refractivity contribution in [3.63, 3.8) is 0 Å². The largest absolute Gasteiger partial charge is 0.394 e. The summed E-state index contributed by atoms with van der Waals surface area (Å²) in [6, 6.07) is 0. The van der Waals surface area contributed by atoms with Gasteiger partial charge >= 0.3 is 0 Å². The van der Waals surface area contributed by atoms with Crippen LogP contribution in [0.1, 0.15) is 6.42 Å². The summed E-state index contributed by atoms with van der Waals surface area (Å²) in [6.07, 6.45) is -22.4. The molecule has 3 heterocycles. The normalized spacial score (nSPS) is 44.0. The maximum atomic E-state index is 10.5. The minimum atomic E-state index is -1.74. The Morgan fingerprint density at radius 3 is 1.47 bits per heavy atom. The highest BCUT2D eigenvalue weighted by atomic mass is 16.8. The van der Waals surface area contributed by atoms with Gasteiger partial charge in [0.1, 0.15) is 73.2 Å². The number of hydrogen-bond donors (Lipinski definition) is 11. The number of ether oxygens (including phenoxy) is 6. The van der Waals surface area contributed by atoms with Gasteiger partial charge in [0.15, 0.2) is 18.9 Å². The zero-order chi connectivity index (χ0) is 28.1. The first-order chi connectivity index (χ1) is 18.1. The molecule has 38 heavy (non-hydrogen) atoms. The van der Waals surface area contributed by atoms with Crippen molar-refractivity contribution < 1.29 is 79.5 Å². The Morgan fingerprint density at radius 1 is 0.605 bits per heavy atom. The Kier molecular flexibility index (Phi) is 12.0. The molecule has 0 aromatic rings. The summed E-state index contributed by atoms with van der Waals surface area (Å²) in [7, 11) is 0. The van der Waals surface area contributed by atoms with Crippen LogP contribution in [0.3, 0.4) is 0 Å². The summed E-state index contributed by atoms with van der Waals surface area (Å²) < 4.78 is 32.6. The van der Waals surface area contributed by atoms with Crippen molar-refractivity contribution in [1.29, 1.82) is 0 Å². The molecule has 15 atom stereocenters. The smallest absolute Gasteiger partial charge is 0.187 e. The van der Waals surface area contributed by atoms with Crippen molar-refractivity contribution in [2.45, 2.75) is 98.5 Å². The molecule has 15 unspecified atom stereocenters. The van der Waals surface area contributed by atoms with E-state index in [1.807, 2.05) is 0 Å². The van der Waals surface area contributed by atoms with E-state index in [1.54, 1.807) is 0 Å². The Morgan fingerprint density at radius 2 is 1.03 bits per heavy atom. The van der Waals surface area contributed by atoms with E-state index in [-0.39, 0.29) is 6.61 Å². The first-order valence-corrected chi connectivity index (χ1v) is 12.3. The molecular formula is C21H39NO16. The van der Waals surface area contributed by atoms with Crippen LogP contribution in [0, 0.1) is 0 Å². The predicted octanol–water partition coefficient (Wildman–Crippen LogP) is -7.20. The van der Waals surface area contributed by atoms with Gasteiger partial charge in [0, 0.05) is 0 Å². The number of aliphatic hydroxyl groups excluding tert-OH is 10. The second-order valence-electron chi connectivity index (χ2n) is 9.33. The van der Waals surface area contributed by atoms with E-state index in [4.69, 9.17) is 39.3 Å². The van der Waals surface area contributed by atoms with E-state index in [0.29, 0.717) is 13.0 Å². The third-order valence-electron chi connectivity index (χ3n) is 6.68. The second kappa shape index (κ2) is 14.3. The minimum absolute atomic E-state index is 0.138. The fraction of sp³-hybridized carbons (Fsp3) is 1.00. The van der Waals surface area contributed by atoms with E-state index in [1.165, 1.54) is 0 Å². The van der Waals surface area contributed by atoms with Crippen LogP contribution in [0.15, 0.2) is 0 Å². The number of nitrogens with two attached hydrogens (primary N) is 1. The fourth-order valence-electron chi connectivity index (χ4n) is 4.49. The standard InChI is InChI=1S/C21H39NO16/c22-2-1-3-33-19-13(30)11(28)17(37-19)8(5-24)35-21-15(32)12(29)18(38-21)9(6-25)34-20-14(31)10(27)16(36-20)7(26)4-23/h7-21,23-32H,1-6,22H2. The average molecular weight is 562 g/mol. The molecule has 0 aliphatic carbocycles. The highest BCUT2D eigenvalue weighted by molar-refractivity contribution is 4.96. The van der Waals surface area contributed by atoms with Crippen LogP contribution in [0.5, 0.6) is 0 Å². The monoisotopic (exact) mass is 561 g/mol. The highest BCUT2D eigenvalue weighted by Crippen LogP contribution is 2.33. The lowest BCUT2D eigenvalue weighted by Crippen LogP contribution is -2.46. The van der Waals surface area contributed by atoms with Crippen LogP contribution in [0.4, 0.5) is 0 Å². The summed E-state index contributed by atoms with van der Waals surface area (Å²) in [5.74, 6) is 0. The maximum absolute atomic E-state index is 10.5. The number of hydrogen-bond acceptors (Lipinski definition) is 17. The molecule has 224 valence electrons. The molecule has 17 heteroatoms. The van der Waals surface area contributed by atoms with Crippen LogP contribution >= 0.6 is 0 Å². The van der Waals surface area contributed by atoms with E-state index in [9.17, 15) is 46.0 Å². The molecule has 3 aliphatic heterocycles. The van der Waals surface area contributed by atoms with Crippen LogP contribution < -0.4 is 5.73 Å². The summed E-state index contributed by atoms with van der Waals surface area (Å²) in [5, 5.41) is 100. The molecule has 0 aromatic heterocycles. The van der Waals surface area contributed by atoms with Gasteiger partial charge in [0.2, 0.25) is 0 Å². The van der Waals surface area contributed by atoms with Crippen molar-refractivity contribution in [1.82, 2.24) is 0 Å². The third-order valence-corrected chi connectivity index (χ3v) is 6.68. The van der Waals surface area contributed by atoms with Gasteiger partial charge in [-0.15, -0.1) is 0 Å². The molecule has 17 nitrogen and oxygen atoms in total. The molecule has 12 N–H and O–H groups in total. The van der Waals surface area contributed by atoms with Crippen LogP contribution in [0.2, 0.25) is 0 Å². The zero-order valence-electron chi connectivity index (χ0n) is 20.4. The molecule has 0 aromatic carbocycles. The Bertz CT molecular complexity index is 708. The third kappa shape index (κ3) is 6.78. The molecule has 0 saturated carbocycles. The summed E-state index contributed by atoms with van der Waals surface area (Å²) in [5.41, 5.74) is 5.39. The van der Waals surface area contributed by atoms with Crippen molar-refractivity contribution in [3.05, 3.63) is 0 Å². The highest BCUT2D eigenvalue weighted by Gasteiger charge is 2.54. The lowest BCUT2D eigenvalue weighted by molar-refractivity contribution is -0.261. The Labute approximate surface area is 217 Å². The number of rotatable bonds is 14. The van der Waals surface area contributed by atoms with E-state index < -0.39 is 112 Å². The van der Waals surface area contributed by atoms with Gasteiger partial charge in [-0.05, 0) is 13.0 Å². The molecule has 0 spiro atoms. The Balaban J connectivity index is 1.62. The minimum Gasteiger partial charge on any atom is -0.394 e. The average Bonchev–Trinajstić information content (AvgIpc) is 3.47. The topological polar surface area (TPSA) is 284 Å². The van der Waals surface area contributed by atoms with Gasteiger partial charge in [-0.3, -0.25) is 0 Å². The molecule has 3 saturated heterocycles. The first kappa shape index (κ1) is 31.8. The van der Waals surface area contributed by atoms with Gasteiger partial charge in [0.25, 0.3) is 0 Å². The molecule has 0 radical (unpaired) electrons. The SMILES string of the molecule is NCCCOC1OC(C(CO)OC2OC(C(CO)OC3OC(C(O)CO)C(O)C3O)C(O)C2O)C(O)C1O. The van der Waals surface area contributed by atoms with Crippen molar-refractivity contribution in [3.8, 4) is 0 Å². The predicted molar refractivity (Wildman–Crippen MR) is 119 cm³/mol. The van der Waals surface area contributed by atoms with Gasteiger partial charge in [0.05, 0.1) is 26.4 Å². The first-order valence-electron chi connectivity index (χ1n) is 12.3. The molecule has 3 aliphatic rings. The molecular weight excluding hydrogens is 522 g/mol.